The molecule has 0 spiro atoms. The van der Waals surface area contributed by atoms with Gasteiger partial charge in [-0.3, -0.25) is 4.79 Å². The van der Waals surface area contributed by atoms with Crippen LogP contribution in [0.3, 0.4) is 0 Å². The molecule has 1 aromatic rings. The predicted molar refractivity (Wildman–Crippen MR) is 31.6 cm³/mol. The fourth-order valence-corrected chi connectivity index (χ4v) is 0.442. The summed E-state index contributed by atoms with van der Waals surface area (Å²) in [5.41, 5.74) is 0.655. The summed E-state index contributed by atoms with van der Waals surface area (Å²) >= 11 is 0. The summed E-state index contributed by atoms with van der Waals surface area (Å²) in [5.74, 6) is 0. The van der Waals surface area contributed by atoms with Crippen LogP contribution in [0.1, 0.15) is 5.69 Å². The van der Waals surface area contributed by atoms with Gasteiger partial charge in [-0.15, -0.1) is 0 Å². The van der Waals surface area contributed by atoms with E-state index in [1.807, 2.05) is 0 Å². The molecule has 3 heteroatoms. The lowest BCUT2D eigenvalue weighted by Crippen LogP contribution is -1.66. The maximum atomic E-state index is 9.75. The first-order valence-electron chi connectivity index (χ1n) is 2.43. The highest BCUT2D eigenvalue weighted by atomic mass is 16.3. The van der Waals surface area contributed by atoms with E-state index < -0.39 is 0 Å². The number of carbonyl (C=O) groups excluding carboxylic acids is 1. The van der Waals surface area contributed by atoms with Crippen molar-refractivity contribution in [3.8, 4) is 0 Å². The van der Waals surface area contributed by atoms with Gasteiger partial charge in [0.05, 0.1) is 0 Å². The van der Waals surface area contributed by atoms with Crippen molar-refractivity contribution in [3.63, 3.8) is 0 Å². The van der Waals surface area contributed by atoms with Crippen molar-refractivity contribution < 1.29 is 9.21 Å². The van der Waals surface area contributed by atoms with Gasteiger partial charge in [-0.25, -0.2) is 4.98 Å². The Morgan fingerprint density at radius 1 is 1.67 bits per heavy atom. The Morgan fingerprint density at radius 2 is 2.56 bits per heavy atom. The molecule has 0 fully saturated rings. The molecule has 0 saturated carbocycles. The number of carbonyl (C=O) groups is 1. The highest BCUT2D eigenvalue weighted by molar-refractivity contribution is 5.72. The standard InChI is InChI=1S/C6H5NO2/c8-3-1-2-6-4-9-5-7-6/h1-5H/b2-1+. The van der Waals surface area contributed by atoms with E-state index >= 15 is 0 Å². The summed E-state index contributed by atoms with van der Waals surface area (Å²) < 4.78 is 4.63. The number of rotatable bonds is 2. The molecule has 0 atom stereocenters. The molecule has 1 rings (SSSR count). The third-order valence-electron chi connectivity index (χ3n) is 0.797. The molecule has 3 nitrogen and oxygen atoms in total. The lowest BCUT2D eigenvalue weighted by Gasteiger charge is -1.71. The van der Waals surface area contributed by atoms with E-state index in [1.165, 1.54) is 18.7 Å². The van der Waals surface area contributed by atoms with Gasteiger partial charge in [0.1, 0.15) is 18.2 Å². The minimum atomic E-state index is 0.655. The highest BCUT2D eigenvalue weighted by Gasteiger charge is 1.84. The maximum Gasteiger partial charge on any atom is 0.181 e. The van der Waals surface area contributed by atoms with Gasteiger partial charge in [-0.1, -0.05) is 0 Å². The molecule has 0 N–H and O–H groups in total. The van der Waals surface area contributed by atoms with E-state index in [-0.39, 0.29) is 0 Å². The largest absolute Gasteiger partial charge is 0.451 e. The van der Waals surface area contributed by atoms with Gasteiger partial charge in [0, 0.05) is 0 Å². The smallest absolute Gasteiger partial charge is 0.181 e. The first-order chi connectivity index (χ1) is 4.43. The second-order valence-electron chi connectivity index (χ2n) is 1.41. The number of aldehydes is 1. The Hall–Kier alpha value is -1.38. The summed E-state index contributed by atoms with van der Waals surface area (Å²) in [5, 5.41) is 0. The topological polar surface area (TPSA) is 43.1 Å². The zero-order valence-electron chi connectivity index (χ0n) is 4.65. The second-order valence-corrected chi connectivity index (χ2v) is 1.41. The van der Waals surface area contributed by atoms with Gasteiger partial charge in [0.25, 0.3) is 0 Å². The van der Waals surface area contributed by atoms with Crippen LogP contribution in [0, 0.1) is 0 Å². The summed E-state index contributed by atoms with van der Waals surface area (Å²) in [6.07, 6.45) is 6.38. The molecular weight excluding hydrogens is 118 g/mol. The minimum Gasteiger partial charge on any atom is -0.451 e. The van der Waals surface area contributed by atoms with Crippen molar-refractivity contribution in [1.82, 2.24) is 4.98 Å². The molecule has 1 aromatic heterocycles. The fourth-order valence-electron chi connectivity index (χ4n) is 0.442. The molecule has 0 radical (unpaired) electrons. The van der Waals surface area contributed by atoms with E-state index in [0.717, 1.165) is 0 Å². The van der Waals surface area contributed by atoms with Crippen LogP contribution in [0.4, 0.5) is 0 Å². The number of aromatic nitrogens is 1. The van der Waals surface area contributed by atoms with Crippen LogP contribution in [-0.4, -0.2) is 11.3 Å². The number of hydrogen-bond acceptors (Lipinski definition) is 3. The zero-order valence-corrected chi connectivity index (χ0v) is 4.65. The molecule has 0 bridgehead atoms. The monoisotopic (exact) mass is 123 g/mol. The van der Waals surface area contributed by atoms with E-state index in [9.17, 15) is 4.79 Å². The summed E-state index contributed by atoms with van der Waals surface area (Å²) in [6, 6.07) is 0. The second kappa shape index (κ2) is 2.81. The number of allylic oxidation sites excluding steroid dienone is 1. The van der Waals surface area contributed by atoms with Crippen molar-refractivity contribution in [1.29, 1.82) is 0 Å². The molecule has 0 saturated heterocycles. The van der Waals surface area contributed by atoms with E-state index in [1.54, 1.807) is 6.08 Å². The van der Waals surface area contributed by atoms with Crippen molar-refractivity contribution in [3.05, 3.63) is 24.4 Å². The van der Waals surface area contributed by atoms with Crippen molar-refractivity contribution in [2.24, 2.45) is 0 Å². The Kier molecular flexibility index (Phi) is 1.80. The quantitative estimate of drug-likeness (QED) is 0.433. The van der Waals surface area contributed by atoms with Crippen LogP contribution in [0.5, 0.6) is 0 Å². The average Bonchev–Trinajstić information content (AvgIpc) is 2.34. The lowest BCUT2D eigenvalue weighted by molar-refractivity contribution is -0.104. The molecule has 0 aromatic carbocycles. The molecule has 0 aliphatic heterocycles. The molecule has 1 heterocycles. The summed E-state index contributed by atoms with van der Waals surface area (Å²) in [4.78, 5) is 13.5. The first-order valence-corrected chi connectivity index (χ1v) is 2.43. The van der Waals surface area contributed by atoms with Crippen LogP contribution >= 0.6 is 0 Å². The van der Waals surface area contributed by atoms with Gasteiger partial charge in [0.15, 0.2) is 6.39 Å². The van der Waals surface area contributed by atoms with Gasteiger partial charge in [-0.2, -0.15) is 0 Å². The fraction of sp³-hybridized carbons (Fsp3) is 0. The molecule has 0 aliphatic rings. The van der Waals surface area contributed by atoms with Crippen molar-refractivity contribution >= 4 is 12.4 Å². The maximum absolute atomic E-state index is 9.75. The average molecular weight is 123 g/mol. The van der Waals surface area contributed by atoms with Gasteiger partial charge in [-0.05, 0) is 12.2 Å². The van der Waals surface area contributed by atoms with Gasteiger partial charge < -0.3 is 4.42 Å². The van der Waals surface area contributed by atoms with E-state index in [0.29, 0.717) is 12.0 Å². The SMILES string of the molecule is O=C/C=C/c1cocn1. The lowest BCUT2D eigenvalue weighted by atomic mass is 10.4. The Bertz CT molecular complexity index is 201. The Morgan fingerprint density at radius 3 is 3.11 bits per heavy atom. The van der Waals surface area contributed by atoms with Gasteiger partial charge in [0.2, 0.25) is 0 Å². The zero-order chi connectivity index (χ0) is 6.53. The molecule has 0 unspecified atom stereocenters. The van der Waals surface area contributed by atoms with Crippen LogP contribution in [-0.2, 0) is 4.79 Å². The van der Waals surface area contributed by atoms with Crippen LogP contribution in [0.15, 0.2) is 23.1 Å². The molecular formula is C6H5NO2. The molecule has 0 amide bonds. The van der Waals surface area contributed by atoms with Gasteiger partial charge >= 0.3 is 0 Å². The van der Waals surface area contributed by atoms with E-state index in [4.69, 9.17) is 0 Å². The van der Waals surface area contributed by atoms with Crippen molar-refractivity contribution in [2.45, 2.75) is 0 Å². The number of nitrogens with zero attached hydrogens (tertiary/aromatic N) is 1. The third-order valence-corrected chi connectivity index (χ3v) is 0.797. The predicted octanol–water partition coefficient (Wildman–Crippen LogP) is 0.887. The summed E-state index contributed by atoms with van der Waals surface area (Å²) in [6.45, 7) is 0. The molecule has 46 valence electrons. The molecule has 0 aliphatic carbocycles. The van der Waals surface area contributed by atoms with Crippen LogP contribution < -0.4 is 0 Å². The normalized spacial score (nSPS) is 10.2. The van der Waals surface area contributed by atoms with Crippen LogP contribution in [0.2, 0.25) is 0 Å². The number of hydrogen-bond donors (Lipinski definition) is 0. The minimum absolute atomic E-state index is 0.655. The first kappa shape index (κ1) is 5.75. The Balaban J connectivity index is 2.67. The highest BCUT2D eigenvalue weighted by Crippen LogP contribution is 1.94. The van der Waals surface area contributed by atoms with Crippen LogP contribution in [0.25, 0.3) is 6.08 Å². The van der Waals surface area contributed by atoms with E-state index in [2.05, 4.69) is 9.40 Å². The summed E-state index contributed by atoms with van der Waals surface area (Å²) in [7, 11) is 0. The molecule has 9 heavy (non-hydrogen) atoms. The van der Waals surface area contributed by atoms with Crippen molar-refractivity contribution in [2.75, 3.05) is 0 Å². The number of oxazole rings is 1. The Labute approximate surface area is 52.0 Å². The third kappa shape index (κ3) is 1.53.